The number of rotatable bonds is 15. The number of imide groups is 1. The highest BCUT2D eigenvalue weighted by atomic mass is 79.9. The maximum absolute atomic E-state index is 12.1. The number of nitrogens with one attached hydrogen (secondary N) is 3. The molecule has 3 N–H and O–H groups in total. The Hall–Kier alpha value is -1.28. The van der Waals surface area contributed by atoms with Gasteiger partial charge in [0.25, 0.3) is 11.8 Å². The Morgan fingerprint density at radius 3 is 2.65 bits per heavy atom. The number of carbonyl (C=O) groups excluding carboxylic acids is 4. The van der Waals surface area contributed by atoms with Gasteiger partial charge in [-0.15, -0.1) is 11.8 Å². The Kier molecular flexibility index (Phi) is 11.0. The Labute approximate surface area is 216 Å². The smallest absolute Gasteiger partial charge is 0.315 e. The molecule has 0 aromatic rings. The average molecular weight is 580 g/mol. The van der Waals surface area contributed by atoms with Gasteiger partial charge in [0, 0.05) is 24.0 Å². The standard InChI is InChI=1S/C21H31BrN4O6S2/c1-33-18-16(22)19(28)26(20(18)29)7-9-32-11-10-31-8-6-23-15(27)5-3-2-4-14-17-13(12-34-14)24-21(30)25-17/h13-14,17H,2-12H2,1H3,(H,23,27)(H2,24,25,30)/t13-,14-,17-/m0/s1. The molecular weight excluding hydrogens is 548 g/mol. The van der Waals surface area contributed by atoms with Gasteiger partial charge in [0.15, 0.2) is 0 Å². The molecule has 3 aliphatic heterocycles. The lowest BCUT2D eigenvalue weighted by Gasteiger charge is -2.16. The van der Waals surface area contributed by atoms with Crippen LogP contribution >= 0.6 is 39.5 Å². The molecule has 0 unspecified atom stereocenters. The molecule has 3 rings (SSSR count). The van der Waals surface area contributed by atoms with Crippen molar-refractivity contribution in [3.8, 4) is 0 Å². The number of hydrogen-bond acceptors (Lipinski definition) is 8. The van der Waals surface area contributed by atoms with Crippen molar-refractivity contribution in [1.29, 1.82) is 0 Å². The highest BCUT2D eigenvalue weighted by molar-refractivity contribution is 9.12. The van der Waals surface area contributed by atoms with Crippen molar-refractivity contribution in [2.24, 2.45) is 0 Å². The molecule has 0 aromatic heterocycles. The van der Waals surface area contributed by atoms with E-state index in [1.54, 1.807) is 6.26 Å². The van der Waals surface area contributed by atoms with Crippen LogP contribution in [0.25, 0.3) is 0 Å². The van der Waals surface area contributed by atoms with Gasteiger partial charge in [-0.25, -0.2) is 4.79 Å². The number of fused-ring (bicyclic) bond motifs is 1. The molecule has 0 spiro atoms. The van der Waals surface area contributed by atoms with Gasteiger partial charge in [-0.2, -0.15) is 11.8 Å². The second-order valence-electron chi connectivity index (χ2n) is 8.05. The molecule has 3 aliphatic rings. The summed E-state index contributed by atoms with van der Waals surface area (Å²) in [6.07, 6.45) is 5.01. The summed E-state index contributed by atoms with van der Waals surface area (Å²) >= 11 is 6.29. The number of thioether (sulfide) groups is 2. The first kappa shape index (κ1) is 27.3. The molecule has 0 radical (unpaired) electrons. The molecule has 0 aliphatic carbocycles. The van der Waals surface area contributed by atoms with Crippen LogP contribution in [0.5, 0.6) is 0 Å². The monoisotopic (exact) mass is 578 g/mol. The summed E-state index contributed by atoms with van der Waals surface area (Å²) in [5, 5.41) is 9.19. The van der Waals surface area contributed by atoms with Crippen LogP contribution < -0.4 is 16.0 Å². The lowest BCUT2D eigenvalue weighted by Crippen LogP contribution is -2.36. The van der Waals surface area contributed by atoms with Gasteiger partial charge in [-0.05, 0) is 35.0 Å². The number of unbranched alkanes of at least 4 members (excludes halogenated alkanes) is 1. The predicted molar refractivity (Wildman–Crippen MR) is 135 cm³/mol. The number of ether oxygens (including phenoxy) is 2. The van der Waals surface area contributed by atoms with E-state index < -0.39 is 0 Å². The summed E-state index contributed by atoms with van der Waals surface area (Å²) in [7, 11) is 0. The third kappa shape index (κ3) is 7.36. The normalized spacial score (nSPS) is 24.0. The second-order valence-corrected chi connectivity index (χ2v) is 10.9. The number of carbonyl (C=O) groups is 4. The van der Waals surface area contributed by atoms with Gasteiger partial charge in [-0.3, -0.25) is 19.3 Å². The van der Waals surface area contributed by atoms with Crippen LogP contribution in [0.4, 0.5) is 4.79 Å². The molecule has 10 nitrogen and oxygen atoms in total. The number of halogens is 1. The van der Waals surface area contributed by atoms with Crippen molar-refractivity contribution in [3.63, 3.8) is 0 Å². The molecule has 13 heteroatoms. The maximum Gasteiger partial charge on any atom is 0.315 e. The Bertz CT molecular complexity index is 814. The van der Waals surface area contributed by atoms with Crippen LogP contribution in [0.1, 0.15) is 25.7 Å². The van der Waals surface area contributed by atoms with Crippen molar-refractivity contribution >= 4 is 63.2 Å². The van der Waals surface area contributed by atoms with E-state index in [-0.39, 0.29) is 49.0 Å². The van der Waals surface area contributed by atoms with Crippen LogP contribution in [0.3, 0.4) is 0 Å². The largest absolute Gasteiger partial charge is 0.377 e. The van der Waals surface area contributed by atoms with Crippen molar-refractivity contribution in [1.82, 2.24) is 20.9 Å². The van der Waals surface area contributed by atoms with Crippen LogP contribution in [-0.4, -0.2) is 97.5 Å². The SMILES string of the molecule is CSC1=C(Br)C(=O)N(CCOCCOCCNC(=O)CCCC[C@@H]2SC[C@@H]3NC(=O)N[C@@H]32)C1=O. The zero-order chi connectivity index (χ0) is 24.5. The van der Waals surface area contributed by atoms with E-state index >= 15 is 0 Å². The van der Waals surface area contributed by atoms with E-state index in [2.05, 4.69) is 31.9 Å². The number of hydrogen-bond donors (Lipinski definition) is 3. The minimum Gasteiger partial charge on any atom is -0.377 e. The van der Waals surface area contributed by atoms with Gasteiger partial charge in [0.1, 0.15) is 4.48 Å². The molecule has 190 valence electrons. The minimum absolute atomic E-state index is 0.0111. The fourth-order valence-electron chi connectivity index (χ4n) is 4.01. The third-order valence-electron chi connectivity index (χ3n) is 5.76. The van der Waals surface area contributed by atoms with Crippen molar-refractivity contribution in [2.75, 3.05) is 51.5 Å². The summed E-state index contributed by atoms with van der Waals surface area (Å²) < 4.78 is 11.2. The van der Waals surface area contributed by atoms with Crippen molar-refractivity contribution in [2.45, 2.75) is 43.0 Å². The summed E-state index contributed by atoms with van der Waals surface area (Å²) in [6, 6.07) is 0.381. The molecule has 3 atom stereocenters. The van der Waals surface area contributed by atoms with E-state index in [0.717, 1.165) is 25.0 Å². The van der Waals surface area contributed by atoms with E-state index in [1.165, 1.54) is 16.7 Å². The number of nitrogens with zero attached hydrogens (tertiary/aromatic N) is 1. The number of urea groups is 1. The summed E-state index contributed by atoms with van der Waals surface area (Å²) in [5.74, 6) is 0.324. The molecule has 0 saturated carbocycles. The minimum atomic E-state index is -0.337. The molecule has 34 heavy (non-hydrogen) atoms. The first-order chi connectivity index (χ1) is 16.4. The molecular formula is C21H31BrN4O6S2. The van der Waals surface area contributed by atoms with Crippen LogP contribution in [-0.2, 0) is 23.9 Å². The fourth-order valence-corrected chi connectivity index (χ4v) is 6.97. The number of amides is 5. The van der Waals surface area contributed by atoms with Gasteiger partial charge in [0.05, 0.1) is 50.0 Å². The first-order valence-electron chi connectivity index (χ1n) is 11.3. The fraction of sp³-hybridized carbons (Fsp3) is 0.714. The van der Waals surface area contributed by atoms with Gasteiger partial charge >= 0.3 is 6.03 Å². The summed E-state index contributed by atoms with van der Waals surface area (Å²) in [4.78, 5) is 49.1. The van der Waals surface area contributed by atoms with Gasteiger partial charge in [-0.1, -0.05) is 6.42 Å². The molecule has 5 amide bonds. The van der Waals surface area contributed by atoms with E-state index in [0.29, 0.717) is 47.4 Å². The second kappa shape index (κ2) is 13.7. The van der Waals surface area contributed by atoms with Crippen LogP contribution in [0.15, 0.2) is 9.39 Å². The van der Waals surface area contributed by atoms with Crippen LogP contribution in [0, 0.1) is 0 Å². The molecule has 2 saturated heterocycles. The summed E-state index contributed by atoms with van der Waals surface area (Å²) in [5.41, 5.74) is 0. The predicted octanol–water partition coefficient (Wildman–Crippen LogP) is 1.20. The van der Waals surface area contributed by atoms with Crippen molar-refractivity contribution in [3.05, 3.63) is 9.39 Å². The average Bonchev–Trinajstić information content (AvgIpc) is 3.42. The van der Waals surface area contributed by atoms with E-state index in [9.17, 15) is 19.2 Å². The quantitative estimate of drug-likeness (QED) is 0.150. The first-order valence-corrected chi connectivity index (χ1v) is 14.4. The maximum atomic E-state index is 12.1. The Balaban J connectivity index is 1.12. The zero-order valence-corrected chi connectivity index (χ0v) is 22.3. The Morgan fingerprint density at radius 2 is 1.91 bits per heavy atom. The molecule has 0 aromatic carbocycles. The summed E-state index contributed by atoms with van der Waals surface area (Å²) in [6.45, 7) is 1.96. The van der Waals surface area contributed by atoms with Crippen LogP contribution in [0.2, 0.25) is 0 Å². The highest BCUT2D eigenvalue weighted by Gasteiger charge is 2.42. The van der Waals surface area contributed by atoms with E-state index in [4.69, 9.17) is 9.47 Å². The van der Waals surface area contributed by atoms with Crippen molar-refractivity contribution < 1.29 is 28.7 Å². The third-order valence-corrected chi connectivity index (χ3v) is 9.05. The van der Waals surface area contributed by atoms with Gasteiger partial charge in [0.2, 0.25) is 5.91 Å². The topological polar surface area (TPSA) is 126 Å². The molecule has 3 heterocycles. The molecule has 2 fully saturated rings. The lowest BCUT2D eigenvalue weighted by molar-refractivity contribution is -0.138. The highest BCUT2D eigenvalue weighted by Crippen LogP contribution is 2.33. The van der Waals surface area contributed by atoms with E-state index in [1.807, 2.05) is 11.8 Å². The zero-order valence-electron chi connectivity index (χ0n) is 19.1. The Morgan fingerprint density at radius 1 is 1.15 bits per heavy atom. The molecule has 0 bridgehead atoms. The lowest BCUT2D eigenvalue weighted by atomic mass is 10.0. The van der Waals surface area contributed by atoms with Gasteiger partial charge < -0.3 is 25.4 Å².